The maximum atomic E-state index is 12.7. The van der Waals surface area contributed by atoms with Crippen molar-refractivity contribution in [2.75, 3.05) is 36.4 Å². The Morgan fingerprint density at radius 3 is 2.58 bits per heavy atom. The Hall–Kier alpha value is -2.29. The third-order valence-electron chi connectivity index (χ3n) is 3.70. The number of benzene rings is 1. The van der Waals surface area contributed by atoms with Crippen molar-refractivity contribution in [1.29, 1.82) is 0 Å². The largest absolute Gasteiger partial charge is 0.416 e. The molecule has 3 rings (SSSR count). The highest BCUT2D eigenvalue weighted by molar-refractivity contribution is 7.13. The molecule has 0 radical (unpaired) electrons. The van der Waals surface area contributed by atoms with Gasteiger partial charge in [-0.05, 0) is 18.2 Å². The van der Waals surface area contributed by atoms with E-state index in [1.54, 1.807) is 11.1 Å². The number of hydrogen-bond acceptors (Lipinski definition) is 4. The maximum Gasteiger partial charge on any atom is 0.416 e. The minimum Gasteiger partial charge on any atom is -0.345 e. The number of thiazole rings is 1. The predicted molar refractivity (Wildman–Crippen MR) is 86.4 cm³/mol. The molecule has 2 aromatic rings. The van der Waals surface area contributed by atoms with Crippen LogP contribution in [0.3, 0.4) is 0 Å². The first-order valence-corrected chi connectivity index (χ1v) is 8.19. The van der Waals surface area contributed by atoms with Gasteiger partial charge in [-0.25, -0.2) is 9.78 Å². The Bertz CT molecular complexity index is 697. The summed E-state index contributed by atoms with van der Waals surface area (Å²) in [6.07, 6.45) is -2.70. The minimum absolute atomic E-state index is 0.136. The second-order valence-corrected chi connectivity index (χ2v) is 6.17. The highest BCUT2D eigenvalue weighted by Crippen LogP contribution is 2.30. The molecule has 0 atom stereocenters. The molecule has 0 saturated carbocycles. The number of anilines is 2. The van der Waals surface area contributed by atoms with E-state index in [0.29, 0.717) is 26.2 Å². The van der Waals surface area contributed by atoms with Crippen molar-refractivity contribution < 1.29 is 18.0 Å². The number of amides is 2. The third kappa shape index (κ3) is 3.78. The number of alkyl halides is 3. The van der Waals surface area contributed by atoms with Gasteiger partial charge >= 0.3 is 12.2 Å². The molecule has 1 fully saturated rings. The molecule has 0 spiro atoms. The van der Waals surface area contributed by atoms with Crippen molar-refractivity contribution in [3.05, 3.63) is 41.4 Å². The van der Waals surface area contributed by atoms with Crippen molar-refractivity contribution in [3.8, 4) is 0 Å². The van der Waals surface area contributed by atoms with Gasteiger partial charge in [0, 0.05) is 43.4 Å². The van der Waals surface area contributed by atoms with E-state index < -0.39 is 17.8 Å². The number of nitrogens with one attached hydrogen (secondary N) is 1. The first-order chi connectivity index (χ1) is 11.4. The summed E-state index contributed by atoms with van der Waals surface area (Å²) in [6.45, 7) is 2.27. The van der Waals surface area contributed by atoms with Crippen LogP contribution in [0.1, 0.15) is 5.56 Å². The minimum atomic E-state index is -4.43. The number of halogens is 3. The van der Waals surface area contributed by atoms with E-state index in [9.17, 15) is 18.0 Å². The average molecular weight is 356 g/mol. The standard InChI is InChI=1S/C15H15F3N4OS/c16-15(17,18)11-2-1-3-12(10-11)20-13(23)21-5-7-22(8-6-21)14-19-4-9-24-14/h1-4,9-10H,5-8H2,(H,20,23). The number of nitrogens with zero attached hydrogens (tertiary/aromatic N) is 3. The molecule has 1 saturated heterocycles. The van der Waals surface area contributed by atoms with Gasteiger partial charge < -0.3 is 15.1 Å². The average Bonchev–Trinajstić information content (AvgIpc) is 3.09. The van der Waals surface area contributed by atoms with E-state index >= 15 is 0 Å². The summed E-state index contributed by atoms with van der Waals surface area (Å²) in [5.74, 6) is 0. The van der Waals surface area contributed by atoms with Crippen LogP contribution >= 0.6 is 11.3 Å². The molecule has 1 N–H and O–H groups in total. The molecule has 24 heavy (non-hydrogen) atoms. The van der Waals surface area contributed by atoms with E-state index in [2.05, 4.69) is 15.2 Å². The molecule has 5 nitrogen and oxygen atoms in total. The Morgan fingerprint density at radius 1 is 1.21 bits per heavy atom. The lowest BCUT2D eigenvalue weighted by atomic mass is 10.2. The first-order valence-electron chi connectivity index (χ1n) is 7.31. The van der Waals surface area contributed by atoms with Crippen LogP contribution in [-0.4, -0.2) is 42.1 Å². The van der Waals surface area contributed by atoms with Gasteiger partial charge in [-0.2, -0.15) is 13.2 Å². The van der Waals surface area contributed by atoms with E-state index in [4.69, 9.17) is 0 Å². The summed E-state index contributed by atoms with van der Waals surface area (Å²) in [7, 11) is 0. The van der Waals surface area contributed by atoms with Gasteiger partial charge in [-0.15, -0.1) is 11.3 Å². The molecule has 2 amide bonds. The first kappa shape index (κ1) is 16.6. The van der Waals surface area contributed by atoms with Crippen molar-refractivity contribution >= 4 is 28.2 Å². The Kier molecular flexibility index (Phi) is 4.61. The number of carbonyl (C=O) groups is 1. The molecule has 1 aromatic heterocycles. The van der Waals surface area contributed by atoms with Gasteiger partial charge in [0.1, 0.15) is 0 Å². The van der Waals surface area contributed by atoms with Crippen LogP contribution in [-0.2, 0) is 6.18 Å². The summed E-state index contributed by atoms with van der Waals surface area (Å²) in [4.78, 5) is 20.1. The SMILES string of the molecule is O=C(Nc1cccc(C(F)(F)F)c1)N1CCN(c2nccs2)CC1. The highest BCUT2D eigenvalue weighted by atomic mass is 32.1. The Morgan fingerprint density at radius 2 is 1.96 bits per heavy atom. The molecule has 9 heteroatoms. The Labute approximate surface area is 140 Å². The molecular weight excluding hydrogens is 341 g/mol. The van der Waals surface area contributed by atoms with Gasteiger partial charge in [0.2, 0.25) is 0 Å². The van der Waals surface area contributed by atoms with E-state index in [-0.39, 0.29) is 5.69 Å². The smallest absolute Gasteiger partial charge is 0.345 e. The van der Waals surface area contributed by atoms with E-state index in [1.165, 1.54) is 23.5 Å². The van der Waals surface area contributed by atoms with Crippen LogP contribution in [0.15, 0.2) is 35.8 Å². The van der Waals surface area contributed by atoms with Crippen LogP contribution in [0.5, 0.6) is 0 Å². The molecule has 2 heterocycles. The molecule has 1 aliphatic rings. The van der Waals surface area contributed by atoms with Gasteiger partial charge in [0.25, 0.3) is 0 Å². The lowest BCUT2D eigenvalue weighted by molar-refractivity contribution is -0.137. The number of carbonyl (C=O) groups excluding carboxylic acids is 1. The summed E-state index contributed by atoms with van der Waals surface area (Å²) >= 11 is 1.53. The van der Waals surface area contributed by atoms with Gasteiger partial charge in [0.15, 0.2) is 5.13 Å². The number of urea groups is 1. The maximum absolute atomic E-state index is 12.7. The second-order valence-electron chi connectivity index (χ2n) is 5.30. The molecular formula is C15H15F3N4OS. The normalized spacial score (nSPS) is 15.5. The van der Waals surface area contributed by atoms with Crippen LogP contribution in [0.4, 0.5) is 28.8 Å². The van der Waals surface area contributed by atoms with Crippen LogP contribution in [0, 0.1) is 0 Å². The zero-order chi connectivity index (χ0) is 17.2. The van der Waals surface area contributed by atoms with E-state index in [0.717, 1.165) is 17.3 Å². The number of hydrogen-bond donors (Lipinski definition) is 1. The lowest BCUT2D eigenvalue weighted by Gasteiger charge is -2.34. The molecule has 0 aliphatic carbocycles. The summed E-state index contributed by atoms with van der Waals surface area (Å²) in [5.41, 5.74) is -0.647. The summed E-state index contributed by atoms with van der Waals surface area (Å²) in [6, 6.07) is 4.23. The van der Waals surface area contributed by atoms with Crippen LogP contribution < -0.4 is 10.2 Å². The van der Waals surface area contributed by atoms with Crippen molar-refractivity contribution in [1.82, 2.24) is 9.88 Å². The number of piperazine rings is 1. The molecule has 0 bridgehead atoms. The summed E-state index contributed by atoms with van der Waals surface area (Å²) in [5, 5.41) is 5.33. The summed E-state index contributed by atoms with van der Waals surface area (Å²) < 4.78 is 38.1. The predicted octanol–water partition coefficient (Wildman–Crippen LogP) is 3.52. The van der Waals surface area contributed by atoms with Gasteiger partial charge in [-0.3, -0.25) is 0 Å². The fourth-order valence-corrected chi connectivity index (χ4v) is 3.15. The quantitative estimate of drug-likeness (QED) is 0.896. The van der Waals surface area contributed by atoms with E-state index in [1.807, 2.05) is 5.38 Å². The monoisotopic (exact) mass is 356 g/mol. The van der Waals surface area contributed by atoms with Crippen LogP contribution in [0.2, 0.25) is 0 Å². The van der Waals surface area contributed by atoms with Crippen molar-refractivity contribution in [2.24, 2.45) is 0 Å². The molecule has 1 aliphatic heterocycles. The lowest BCUT2D eigenvalue weighted by Crippen LogP contribution is -2.50. The van der Waals surface area contributed by atoms with Gasteiger partial charge in [-0.1, -0.05) is 6.07 Å². The number of rotatable bonds is 2. The Balaban J connectivity index is 1.58. The number of aromatic nitrogens is 1. The zero-order valence-electron chi connectivity index (χ0n) is 12.6. The fourth-order valence-electron chi connectivity index (χ4n) is 2.45. The van der Waals surface area contributed by atoms with Crippen LogP contribution in [0.25, 0.3) is 0 Å². The highest BCUT2D eigenvalue weighted by Gasteiger charge is 2.30. The molecule has 128 valence electrons. The van der Waals surface area contributed by atoms with Crippen molar-refractivity contribution in [3.63, 3.8) is 0 Å². The van der Waals surface area contributed by atoms with Gasteiger partial charge in [0.05, 0.1) is 5.56 Å². The molecule has 0 unspecified atom stereocenters. The molecule has 1 aromatic carbocycles. The van der Waals surface area contributed by atoms with Crippen molar-refractivity contribution in [2.45, 2.75) is 6.18 Å². The third-order valence-corrected chi connectivity index (χ3v) is 4.53. The second kappa shape index (κ2) is 6.68. The topological polar surface area (TPSA) is 48.5 Å². The fraction of sp³-hybridized carbons (Fsp3) is 0.333. The zero-order valence-corrected chi connectivity index (χ0v) is 13.4.